The maximum atomic E-state index is 13.0. The van der Waals surface area contributed by atoms with Gasteiger partial charge in [0.05, 0.1) is 7.11 Å². The van der Waals surface area contributed by atoms with Gasteiger partial charge in [0.15, 0.2) is 0 Å². The lowest BCUT2D eigenvalue weighted by molar-refractivity contribution is 0.0949. The highest BCUT2D eigenvalue weighted by Crippen LogP contribution is 2.24. The summed E-state index contributed by atoms with van der Waals surface area (Å²) in [6, 6.07) is 16.1. The maximum absolute atomic E-state index is 13.0. The number of halogens is 1. The Hall–Kier alpha value is -3.76. The number of hydrogen-bond donors (Lipinski definition) is 3. The molecule has 0 saturated carbocycles. The third-order valence-corrected chi connectivity index (χ3v) is 6.16. The molecule has 0 fully saturated rings. The van der Waals surface area contributed by atoms with Crippen molar-refractivity contribution in [2.45, 2.75) is 11.4 Å². The Morgan fingerprint density at radius 3 is 2.30 bits per heavy atom. The fourth-order valence-electron chi connectivity index (χ4n) is 2.99. The first kappa shape index (κ1) is 23.9. The zero-order chi connectivity index (χ0) is 24.0. The minimum absolute atomic E-state index is 0.116. The molecular formula is C23H22FN3O5S. The summed E-state index contributed by atoms with van der Waals surface area (Å²) in [4.78, 5) is 24.8. The SMILES string of the molecule is CNS(=O)(=O)c1cc(C(=O)NCc2cccc(NC(=O)c3ccc(F)cc3)c2)ccc1OC. The van der Waals surface area contributed by atoms with E-state index < -0.39 is 27.7 Å². The Kier molecular flexibility index (Phi) is 7.41. The van der Waals surface area contributed by atoms with Gasteiger partial charge in [-0.3, -0.25) is 9.59 Å². The van der Waals surface area contributed by atoms with Crippen LogP contribution in [0, 0.1) is 5.82 Å². The minimum Gasteiger partial charge on any atom is -0.495 e. The summed E-state index contributed by atoms with van der Waals surface area (Å²) in [7, 11) is -1.22. The van der Waals surface area contributed by atoms with E-state index in [-0.39, 0.29) is 22.8 Å². The summed E-state index contributed by atoms with van der Waals surface area (Å²) < 4.78 is 44.7. The van der Waals surface area contributed by atoms with E-state index in [0.717, 1.165) is 0 Å². The van der Waals surface area contributed by atoms with Gasteiger partial charge in [0.25, 0.3) is 11.8 Å². The normalized spacial score (nSPS) is 11.0. The second-order valence-electron chi connectivity index (χ2n) is 6.92. The number of nitrogens with one attached hydrogen (secondary N) is 3. The van der Waals surface area contributed by atoms with Crippen LogP contribution >= 0.6 is 0 Å². The van der Waals surface area contributed by atoms with Gasteiger partial charge in [-0.25, -0.2) is 17.5 Å². The molecule has 0 spiro atoms. The Morgan fingerprint density at radius 2 is 1.64 bits per heavy atom. The molecule has 0 atom stereocenters. The molecule has 0 bridgehead atoms. The summed E-state index contributed by atoms with van der Waals surface area (Å²) in [6.45, 7) is 0.138. The van der Waals surface area contributed by atoms with Gasteiger partial charge < -0.3 is 15.4 Å². The molecule has 3 rings (SSSR count). The van der Waals surface area contributed by atoms with E-state index in [1.54, 1.807) is 24.3 Å². The lowest BCUT2D eigenvalue weighted by atomic mass is 10.1. The van der Waals surface area contributed by atoms with Crippen LogP contribution in [0.4, 0.5) is 10.1 Å². The first-order chi connectivity index (χ1) is 15.7. The Labute approximate surface area is 190 Å². The average molecular weight is 472 g/mol. The molecule has 3 N–H and O–H groups in total. The van der Waals surface area contributed by atoms with E-state index in [1.165, 1.54) is 56.6 Å². The summed E-state index contributed by atoms with van der Waals surface area (Å²) >= 11 is 0. The molecule has 8 nitrogen and oxygen atoms in total. The van der Waals surface area contributed by atoms with Crippen LogP contribution in [-0.4, -0.2) is 34.4 Å². The molecule has 0 saturated heterocycles. The van der Waals surface area contributed by atoms with Crippen LogP contribution in [0.5, 0.6) is 5.75 Å². The molecule has 0 aromatic heterocycles. The van der Waals surface area contributed by atoms with Crippen LogP contribution in [0.3, 0.4) is 0 Å². The van der Waals surface area contributed by atoms with E-state index in [2.05, 4.69) is 15.4 Å². The Balaban J connectivity index is 1.69. The molecule has 0 aliphatic carbocycles. The first-order valence-electron chi connectivity index (χ1n) is 9.79. The molecule has 2 amide bonds. The topological polar surface area (TPSA) is 114 Å². The number of sulfonamides is 1. The van der Waals surface area contributed by atoms with Crippen molar-refractivity contribution in [3.8, 4) is 5.75 Å². The number of ether oxygens (including phenoxy) is 1. The van der Waals surface area contributed by atoms with E-state index >= 15 is 0 Å². The van der Waals surface area contributed by atoms with Gasteiger partial charge in [0.1, 0.15) is 16.5 Å². The Bertz CT molecular complexity index is 1280. The predicted octanol–water partition coefficient (Wildman–Crippen LogP) is 2.92. The van der Waals surface area contributed by atoms with Crippen molar-refractivity contribution in [1.29, 1.82) is 0 Å². The fraction of sp³-hybridized carbons (Fsp3) is 0.130. The molecular weight excluding hydrogens is 449 g/mol. The molecule has 0 aliphatic heterocycles. The van der Waals surface area contributed by atoms with Crippen molar-refractivity contribution < 1.29 is 27.1 Å². The number of carbonyl (C=O) groups excluding carboxylic acids is 2. The fourth-order valence-corrected chi connectivity index (χ4v) is 3.90. The molecule has 0 heterocycles. The molecule has 10 heteroatoms. The first-order valence-corrected chi connectivity index (χ1v) is 11.3. The second kappa shape index (κ2) is 10.2. The van der Waals surface area contributed by atoms with E-state index in [1.807, 2.05) is 0 Å². The van der Waals surface area contributed by atoms with E-state index in [9.17, 15) is 22.4 Å². The summed E-state index contributed by atoms with van der Waals surface area (Å²) in [5.41, 5.74) is 1.66. The van der Waals surface area contributed by atoms with Gasteiger partial charge in [-0.15, -0.1) is 0 Å². The lowest BCUT2D eigenvalue weighted by Gasteiger charge is -2.12. The highest BCUT2D eigenvalue weighted by molar-refractivity contribution is 7.89. The van der Waals surface area contributed by atoms with Crippen molar-refractivity contribution in [2.24, 2.45) is 0 Å². The van der Waals surface area contributed by atoms with Crippen LogP contribution in [0.25, 0.3) is 0 Å². The average Bonchev–Trinajstić information content (AvgIpc) is 2.82. The number of benzene rings is 3. The standard InChI is InChI=1S/C23H22FN3O5S/c1-25-33(30,31)21-13-17(8-11-20(21)32-2)22(28)26-14-15-4-3-5-19(12-15)27-23(29)16-6-9-18(24)10-7-16/h3-13,25H,14H2,1-2H3,(H,26,28)(H,27,29). The van der Waals surface area contributed by atoms with Gasteiger partial charge >= 0.3 is 0 Å². The van der Waals surface area contributed by atoms with Crippen LogP contribution in [0.2, 0.25) is 0 Å². The quantitative estimate of drug-likeness (QED) is 0.468. The smallest absolute Gasteiger partial charge is 0.255 e. The van der Waals surface area contributed by atoms with Gasteiger partial charge in [0.2, 0.25) is 10.0 Å². The molecule has 3 aromatic carbocycles. The van der Waals surface area contributed by atoms with Crippen LogP contribution in [0.1, 0.15) is 26.3 Å². The number of methoxy groups -OCH3 is 1. The predicted molar refractivity (Wildman–Crippen MR) is 121 cm³/mol. The Morgan fingerprint density at radius 1 is 0.939 bits per heavy atom. The van der Waals surface area contributed by atoms with Crippen LogP contribution < -0.4 is 20.1 Å². The molecule has 172 valence electrons. The zero-order valence-corrected chi connectivity index (χ0v) is 18.7. The minimum atomic E-state index is -3.82. The third-order valence-electron chi connectivity index (χ3n) is 4.73. The monoisotopic (exact) mass is 471 g/mol. The number of rotatable bonds is 8. The van der Waals surface area contributed by atoms with Gasteiger partial charge in [-0.05, 0) is 67.2 Å². The summed E-state index contributed by atoms with van der Waals surface area (Å²) in [5, 5.41) is 5.44. The van der Waals surface area contributed by atoms with Crippen molar-refractivity contribution in [2.75, 3.05) is 19.5 Å². The van der Waals surface area contributed by atoms with Gasteiger partial charge in [-0.2, -0.15) is 0 Å². The lowest BCUT2D eigenvalue weighted by Crippen LogP contribution is -2.24. The van der Waals surface area contributed by atoms with Crippen LogP contribution in [0.15, 0.2) is 71.6 Å². The maximum Gasteiger partial charge on any atom is 0.255 e. The van der Waals surface area contributed by atoms with Crippen LogP contribution in [-0.2, 0) is 16.6 Å². The highest BCUT2D eigenvalue weighted by atomic mass is 32.2. The van der Waals surface area contributed by atoms with E-state index in [4.69, 9.17) is 4.74 Å². The number of hydrogen-bond acceptors (Lipinski definition) is 5. The number of amides is 2. The van der Waals surface area contributed by atoms with Crippen molar-refractivity contribution >= 4 is 27.5 Å². The largest absolute Gasteiger partial charge is 0.495 e. The number of carbonyl (C=O) groups is 2. The van der Waals surface area contributed by atoms with Crippen molar-refractivity contribution in [3.63, 3.8) is 0 Å². The summed E-state index contributed by atoms with van der Waals surface area (Å²) in [6.07, 6.45) is 0. The molecule has 0 unspecified atom stereocenters. The summed E-state index contributed by atoms with van der Waals surface area (Å²) in [5.74, 6) is -1.19. The zero-order valence-electron chi connectivity index (χ0n) is 17.9. The molecule has 0 radical (unpaired) electrons. The van der Waals surface area contributed by atoms with Gasteiger partial charge in [0, 0.05) is 23.4 Å². The highest BCUT2D eigenvalue weighted by Gasteiger charge is 2.20. The van der Waals surface area contributed by atoms with Crippen molar-refractivity contribution in [3.05, 3.63) is 89.2 Å². The molecule has 33 heavy (non-hydrogen) atoms. The van der Waals surface area contributed by atoms with E-state index in [0.29, 0.717) is 16.8 Å². The third kappa shape index (κ3) is 5.93. The van der Waals surface area contributed by atoms with Gasteiger partial charge in [-0.1, -0.05) is 12.1 Å². The molecule has 0 aliphatic rings. The van der Waals surface area contributed by atoms with Crippen molar-refractivity contribution in [1.82, 2.24) is 10.0 Å². The number of anilines is 1. The molecule has 3 aromatic rings. The second-order valence-corrected chi connectivity index (χ2v) is 8.77.